The lowest BCUT2D eigenvalue weighted by Gasteiger charge is -2.05. The molecule has 1 N–H and O–H groups in total. The van der Waals surface area contributed by atoms with Crippen LogP contribution in [0.5, 0.6) is 5.75 Å². The highest BCUT2D eigenvalue weighted by Crippen LogP contribution is 2.26. The number of rotatable bonds is 8. The Bertz CT molecular complexity index is 1180. The molecule has 2 aromatic carbocycles. The Morgan fingerprint density at radius 1 is 1.03 bits per heavy atom. The van der Waals surface area contributed by atoms with Crippen LogP contribution in [0.1, 0.15) is 26.4 Å². The van der Waals surface area contributed by atoms with Crippen molar-refractivity contribution in [1.29, 1.82) is 0 Å². The number of carbonyl (C=O) groups excluding carboxylic acids is 2. The summed E-state index contributed by atoms with van der Waals surface area (Å²) < 4.78 is 12.3. The van der Waals surface area contributed by atoms with Gasteiger partial charge in [-0.25, -0.2) is 4.79 Å². The van der Waals surface area contributed by atoms with Crippen LogP contribution >= 0.6 is 0 Å². The summed E-state index contributed by atoms with van der Waals surface area (Å²) >= 11 is 0. The van der Waals surface area contributed by atoms with Gasteiger partial charge in [0.05, 0.1) is 19.3 Å². The molecule has 0 atom stereocenters. The summed E-state index contributed by atoms with van der Waals surface area (Å²) in [4.78, 5) is 27.9. The lowest BCUT2D eigenvalue weighted by Crippen LogP contribution is -2.14. The van der Waals surface area contributed by atoms with Crippen LogP contribution in [0.4, 0.5) is 0 Å². The van der Waals surface area contributed by atoms with Gasteiger partial charge in [-0.1, -0.05) is 42.5 Å². The second-order valence-electron chi connectivity index (χ2n) is 6.89. The molecule has 0 saturated carbocycles. The predicted octanol–water partition coefficient (Wildman–Crippen LogP) is 3.97. The summed E-state index contributed by atoms with van der Waals surface area (Å²) in [5.41, 5.74) is 2.90. The fraction of sp³-hybridized carbons (Fsp3) is 0.125. The highest BCUT2D eigenvalue weighted by Gasteiger charge is 2.21. The number of ketones is 1. The minimum absolute atomic E-state index is 0.281. The van der Waals surface area contributed by atoms with Crippen LogP contribution in [0.3, 0.4) is 0 Å². The van der Waals surface area contributed by atoms with Gasteiger partial charge in [-0.3, -0.25) is 9.48 Å². The van der Waals surface area contributed by atoms with E-state index in [9.17, 15) is 9.59 Å². The monoisotopic (exact) mass is 415 g/mol. The Hall–Kier alpha value is -4.13. The minimum atomic E-state index is -0.614. The largest absolute Gasteiger partial charge is 0.497 e. The van der Waals surface area contributed by atoms with Crippen LogP contribution in [0.25, 0.3) is 11.3 Å². The molecule has 0 saturated heterocycles. The number of aromatic nitrogens is 3. The summed E-state index contributed by atoms with van der Waals surface area (Å²) in [6.07, 6.45) is 3.28. The third-order valence-electron chi connectivity index (χ3n) is 4.74. The van der Waals surface area contributed by atoms with E-state index in [2.05, 4.69) is 10.1 Å². The van der Waals surface area contributed by atoms with Gasteiger partial charge in [-0.15, -0.1) is 0 Å². The molecule has 7 nitrogen and oxygen atoms in total. The van der Waals surface area contributed by atoms with Crippen LogP contribution in [-0.2, 0) is 11.3 Å². The second-order valence-corrected chi connectivity index (χ2v) is 6.89. The number of hydrogen-bond donors (Lipinski definition) is 1. The summed E-state index contributed by atoms with van der Waals surface area (Å²) in [6, 6.07) is 20.4. The molecule has 0 aliphatic carbocycles. The molecular formula is C24H21N3O4. The van der Waals surface area contributed by atoms with Crippen molar-refractivity contribution < 1.29 is 19.1 Å². The topological polar surface area (TPSA) is 86.2 Å². The molecule has 0 unspecified atom stereocenters. The molecule has 0 spiro atoms. The van der Waals surface area contributed by atoms with E-state index >= 15 is 0 Å². The van der Waals surface area contributed by atoms with Gasteiger partial charge in [-0.2, -0.15) is 5.10 Å². The molecule has 2 aromatic heterocycles. The molecule has 4 rings (SSSR count). The highest BCUT2D eigenvalue weighted by atomic mass is 16.5. The molecule has 0 radical (unpaired) electrons. The minimum Gasteiger partial charge on any atom is -0.497 e. The van der Waals surface area contributed by atoms with E-state index in [1.807, 2.05) is 48.5 Å². The van der Waals surface area contributed by atoms with Gasteiger partial charge in [-0.05, 0) is 29.8 Å². The van der Waals surface area contributed by atoms with E-state index in [0.717, 1.165) is 5.56 Å². The zero-order valence-electron chi connectivity index (χ0n) is 16.9. The van der Waals surface area contributed by atoms with Crippen LogP contribution in [0.2, 0.25) is 0 Å². The van der Waals surface area contributed by atoms with Gasteiger partial charge in [0.25, 0.3) is 0 Å². The lowest BCUT2D eigenvalue weighted by molar-refractivity contribution is 0.0474. The maximum Gasteiger partial charge on any atom is 0.342 e. The predicted molar refractivity (Wildman–Crippen MR) is 115 cm³/mol. The summed E-state index contributed by atoms with van der Waals surface area (Å²) in [7, 11) is 1.58. The molecule has 4 aromatic rings. The van der Waals surface area contributed by atoms with Crippen molar-refractivity contribution in [3.05, 3.63) is 95.9 Å². The quantitative estimate of drug-likeness (QED) is 0.348. The maximum atomic E-state index is 12.9. The van der Waals surface area contributed by atoms with Gasteiger partial charge in [0.15, 0.2) is 6.61 Å². The van der Waals surface area contributed by atoms with Crippen LogP contribution in [-0.4, -0.2) is 40.2 Å². The Labute approximate surface area is 179 Å². The molecule has 0 aliphatic rings. The molecule has 156 valence electrons. The Kier molecular flexibility index (Phi) is 5.93. The van der Waals surface area contributed by atoms with Crippen molar-refractivity contribution in [1.82, 2.24) is 14.8 Å². The first kappa shape index (κ1) is 20.2. The van der Waals surface area contributed by atoms with E-state index in [1.54, 1.807) is 42.4 Å². The van der Waals surface area contributed by atoms with Crippen LogP contribution in [0.15, 0.2) is 79.1 Å². The first-order chi connectivity index (χ1) is 15.1. The van der Waals surface area contributed by atoms with Crippen molar-refractivity contribution in [3.63, 3.8) is 0 Å². The number of H-pyrrole nitrogens is 1. The Morgan fingerprint density at radius 2 is 1.87 bits per heavy atom. The standard InChI is InChI=1S/C24H21N3O4/c1-30-19-10-5-9-18(13-19)23-20(15-27(26-23)14-17-7-3-2-4-8-17)24(29)31-16-22(28)21-11-6-12-25-21/h2-13,15,25H,14,16H2,1H3. The number of Topliss-reactive ketones (excluding diaryl/α,β-unsaturated/α-hetero) is 1. The van der Waals surface area contributed by atoms with Crippen LogP contribution < -0.4 is 4.74 Å². The van der Waals surface area contributed by atoms with Crippen LogP contribution in [0, 0.1) is 0 Å². The number of aromatic amines is 1. The summed E-state index contributed by atoms with van der Waals surface area (Å²) in [5, 5.41) is 4.62. The smallest absolute Gasteiger partial charge is 0.342 e. The van der Waals surface area contributed by atoms with Crippen molar-refractivity contribution >= 4 is 11.8 Å². The first-order valence-corrected chi connectivity index (χ1v) is 9.73. The fourth-order valence-corrected chi connectivity index (χ4v) is 3.20. The first-order valence-electron chi connectivity index (χ1n) is 9.73. The average Bonchev–Trinajstić information content (AvgIpc) is 3.48. The fourth-order valence-electron chi connectivity index (χ4n) is 3.20. The molecule has 0 fully saturated rings. The lowest BCUT2D eigenvalue weighted by atomic mass is 10.1. The molecule has 31 heavy (non-hydrogen) atoms. The number of nitrogens with zero attached hydrogens (tertiary/aromatic N) is 2. The van der Waals surface area contributed by atoms with E-state index in [0.29, 0.717) is 29.2 Å². The van der Waals surface area contributed by atoms with Gasteiger partial charge >= 0.3 is 5.97 Å². The summed E-state index contributed by atoms with van der Waals surface area (Å²) in [5.74, 6) is -0.272. The number of methoxy groups -OCH3 is 1. The third kappa shape index (κ3) is 4.72. The normalized spacial score (nSPS) is 10.6. The van der Waals surface area contributed by atoms with Gasteiger partial charge < -0.3 is 14.5 Å². The molecule has 0 amide bonds. The Morgan fingerprint density at radius 3 is 2.61 bits per heavy atom. The summed E-state index contributed by atoms with van der Waals surface area (Å²) in [6.45, 7) is 0.132. The SMILES string of the molecule is COc1cccc(-c2nn(Cc3ccccc3)cc2C(=O)OCC(=O)c2ccc[nH]2)c1. The van der Waals surface area contributed by atoms with Crippen molar-refractivity contribution in [3.8, 4) is 17.0 Å². The van der Waals surface area contributed by atoms with E-state index in [1.165, 1.54) is 0 Å². The Balaban J connectivity index is 1.62. The number of ether oxygens (including phenoxy) is 2. The van der Waals surface area contributed by atoms with Gasteiger partial charge in [0.1, 0.15) is 17.0 Å². The van der Waals surface area contributed by atoms with E-state index < -0.39 is 5.97 Å². The van der Waals surface area contributed by atoms with Gasteiger partial charge in [0, 0.05) is 18.0 Å². The molecule has 2 heterocycles. The third-order valence-corrected chi connectivity index (χ3v) is 4.74. The number of nitrogens with one attached hydrogen (secondary N) is 1. The van der Waals surface area contributed by atoms with Crippen molar-refractivity contribution in [2.24, 2.45) is 0 Å². The number of carbonyl (C=O) groups is 2. The molecule has 0 aliphatic heterocycles. The number of hydrogen-bond acceptors (Lipinski definition) is 5. The zero-order chi connectivity index (χ0) is 21.6. The molecular weight excluding hydrogens is 394 g/mol. The second kappa shape index (κ2) is 9.13. The zero-order valence-corrected chi connectivity index (χ0v) is 16.9. The maximum absolute atomic E-state index is 12.9. The van der Waals surface area contributed by atoms with Crippen molar-refractivity contribution in [2.75, 3.05) is 13.7 Å². The number of benzene rings is 2. The van der Waals surface area contributed by atoms with Crippen molar-refractivity contribution in [2.45, 2.75) is 6.54 Å². The highest BCUT2D eigenvalue weighted by molar-refractivity contribution is 6.00. The molecule has 7 heteroatoms. The molecule has 0 bridgehead atoms. The average molecular weight is 415 g/mol. The van der Waals surface area contributed by atoms with E-state index in [-0.39, 0.29) is 18.0 Å². The number of esters is 1. The van der Waals surface area contributed by atoms with E-state index in [4.69, 9.17) is 9.47 Å². The van der Waals surface area contributed by atoms with Gasteiger partial charge in [0.2, 0.25) is 5.78 Å².